The van der Waals surface area contributed by atoms with Gasteiger partial charge in [0.25, 0.3) is 0 Å². The molecule has 0 fully saturated rings. The summed E-state index contributed by atoms with van der Waals surface area (Å²) < 4.78 is 4.58. The first-order chi connectivity index (χ1) is 10.1. The highest BCUT2D eigenvalue weighted by molar-refractivity contribution is 7.99. The SMILES string of the molecule is CCN(CCC(=O)OC)C(=O)CSCc1cccc(Cl)c1. The summed E-state index contributed by atoms with van der Waals surface area (Å²) in [6, 6.07) is 7.60. The van der Waals surface area contributed by atoms with Crippen LogP contribution in [-0.4, -0.2) is 42.7 Å². The van der Waals surface area contributed by atoms with Gasteiger partial charge in [-0.05, 0) is 24.6 Å². The fraction of sp³-hybridized carbons (Fsp3) is 0.467. The molecule has 21 heavy (non-hydrogen) atoms. The lowest BCUT2D eigenvalue weighted by Gasteiger charge is -2.20. The van der Waals surface area contributed by atoms with Crippen LogP contribution in [0, 0.1) is 0 Å². The first-order valence-corrected chi connectivity index (χ1v) is 8.26. The maximum Gasteiger partial charge on any atom is 0.307 e. The largest absolute Gasteiger partial charge is 0.469 e. The summed E-state index contributed by atoms with van der Waals surface area (Å²) in [5.74, 6) is 0.865. The van der Waals surface area contributed by atoms with Gasteiger partial charge in [-0.1, -0.05) is 23.7 Å². The first kappa shape index (κ1) is 17.9. The van der Waals surface area contributed by atoms with Crippen LogP contribution in [0.25, 0.3) is 0 Å². The molecule has 0 atom stereocenters. The van der Waals surface area contributed by atoms with E-state index in [1.165, 1.54) is 7.11 Å². The molecule has 0 spiro atoms. The summed E-state index contributed by atoms with van der Waals surface area (Å²) in [6.07, 6.45) is 0.231. The van der Waals surface area contributed by atoms with Crippen molar-refractivity contribution in [2.75, 3.05) is 26.0 Å². The number of halogens is 1. The molecule has 1 amide bonds. The zero-order valence-corrected chi connectivity index (χ0v) is 13.9. The van der Waals surface area contributed by atoms with Gasteiger partial charge in [-0.25, -0.2) is 0 Å². The van der Waals surface area contributed by atoms with E-state index in [2.05, 4.69) is 4.74 Å². The molecule has 0 aromatic heterocycles. The summed E-state index contributed by atoms with van der Waals surface area (Å²) in [5.41, 5.74) is 1.10. The third-order valence-electron chi connectivity index (χ3n) is 2.93. The van der Waals surface area contributed by atoms with E-state index in [1.807, 2.05) is 31.2 Å². The Morgan fingerprint density at radius 2 is 2.14 bits per heavy atom. The number of nitrogens with zero attached hydrogens (tertiary/aromatic N) is 1. The molecule has 6 heteroatoms. The molecule has 0 aliphatic heterocycles. The number of rotatable bonds is 8. The van der Waals surface area contributed by atoms with Crippen molar-refractivity contribution in [1.29, 1.82) is 0 Å². The number of methoxy groups -OCH3 is 1. The molecule has 0 N–H and O–H groups in total. The van der Waals surface area contributed by atoms with Crippen LogP contribution >= 0.6 is 23.4 Å². The fourth-order valence-electron chi connectivity index (χ4n) is 1.76. The molecular weight excluding hydrogens is 310 g/mol. The summed E-state index contributed by atoms with van der Waals surface area (Å²) in [4.78, 5) is 24.8. The monoisotopic (exact) mass is 329 g/mol. The van der Waals surface area contributed by atoms with Crippen molar-refractivity contribution in [3.05, 3.63) is 34.9 Å². The Morgan fingerprint density at radius 3 is 2.76 bits per heavy atom. The molecule has 0 bridgehead atoms. The van der Waals surface area contributed by atoms with Gasteiger partial charge in [0, 0.05) is 23.9 Å². The predicted molar refractivity (Wildman–Crippen MR) is 86.5 cm³/mol. The number of esters is 1. The topological polar surface area (TPSA) is 46.6 Å². The maximum absolute atomic E-state index is 12.1. The smallest absolute Gasteiger partial charge is 0.307 e. The lowest BCUT2D eigenvalue weighted by atomic mass is 10.2. The van der Waals surface area contributed by atoms with Gasteiger partial charge in [-0.15, -0.1) is 11.8 Å². The average Bonchev–Trinajstić information content (AvgIpc) is 2.47. The van der Waals surface area contributed by atoms with E-state index in [-0.39, 0.29) is 18.3 Å². The fourth-order valence-corrected chi connectivity index (χ4v) is 2.85. The predicted octanol–water partition coefficient (Wildman–Crippen LogP) is 2.98. The molecule has 1 aromatic carbocycles. The third-order valence-corrected chi connectivity index (χ3v) is 4.15. The van der Waals surface area contributed by atoms with Gasteiger partial charge in [0.05, 0.1) is 19.3 Å². The van der Waals surface area contributed by atoms with E-state index in [9.17, 15) is 9.59 Å². The summed E-state index contributed by atoms with van der Waals surface area (Å²) in [5, 5.41) is 0.702. The van der Waals surface area contributed by atoms with Crippen molar-refractivity contribution in [2.24, 2.45) is 0 Å². The van der Waals surface area contributed by atoms with Crippen LogP contribution in [0.5, 0.6) is 0 Å². The van der Waals surface area contributed by atoms with Crippen LogP contribution in [0.2, 0.25) is 5.02 Å². The number of thioether (sulfide) groups is 1. The van der Waals surface area contributed by atoms with Gasteiger partial charge >= 0.3 is 5.97 Å². The van der Waals surface area contributed by atoms with Gasteiger partial charge in [0.1, 0.15) is 0 Å². The number of amides is 1. The van der Waals surface area contributed by atoms with Crippen molar-refractivity contribution >= 4 is 35.2 Å². The lowest BCUT2D eigenvalue weighted by molar-refractivity contribution is -0.141. The van der Waals surface area contributed by atoms with E-state index in [4.69, 9.17) is 11.6 Å². The van der Waals surface area contributed by atoms with Crippen molar-refractivity contribution in [2.45, 2.75) is 19.1 Å². The van der Waals surface area contributed by atoms with E-state index in [0.717, 1.165) is 11.3 Å². The molecule has 4 nitrogen and oxygen atoms in total. The Balaban J connectivity index is 2.35. The van der Waals surface area contributed by atoms with Gasteiger partial charge in [0.15, 0.2) is 0 Å². The van der Waals surface area contributed by atoms with Gasteiger partial charge in [-0.3, -0.25) is 9.59 Å². The molecule has 0 aliphatic rings. The molecule has 0 heterocycles. The molecule has 0 saturated heterocycles. The Hall–Kier alpha value is -1.20. The number of hydrogen-bond donors (Lipinski definition) is 0. The Morgan fingerprint density at radius 1 is 1.38 bits per heavy atom. The highest BCUT2D eigenvalue weighted by atomic mass is 35.5. The van der Waals surface area contributed by atoms with Crippen LogP contribution < -0.4 is 0 Å². The minimum Gasteiger partial charge on any atom is -0.469 e. The number of carbonyl (C=O) groups excluding carboxylic acids is 2. The zero-order valence-electron chi connectivity index (χ0n) is 12.3. The molecule has 1 aromatic rings. The van der Waals surface area contributed by atoms with Crippen molar-refractivity contribution in [3.8, 4) is 0 Å². The molecule has 0 aliphatic carbocycles. The molecule has 1 rings (SSSR count). The number of benzene rings is 1. The highest BCUT2D eigenvalue weighted by Crippen LogP contribution is 2.17. The molecule has 0 saturated carbocycles. The van der Waals surface area contributed by atoms with Crippen LogP contribution in [-0.2, 0) is 20.1 Å². The molecule has 116 valence electrons. The minimum atomic E-state index is -0.298. The summed E-state index contributed by atoms with van der Waals surface area (Å²) in [6.45, 7) is 2.89. The maximum atomic E-state index is 12.1. The second-order valence-corrected chi connectivity index (χ2v) is 5.84. The minimum absolute atomic E-state index is 0.0356. The molecule has 0 unspecified atom stereocenters. The van der Waals surface area contributed by atoms with Crippen LogP contribution in [0.15, 0.2) is 24.3 Å². The Labute approximate surface area is 134 Å². The Kier molecular flexibility index (Phi) is 8.23. The average molecular weight is 330 g/mol. The van der Waals surface area contributed by atoms with E-state index >= 15 is 0 Å². The van der Waals surface area contributed by atoms with E-state index < -0.39 is 0 Å². The standard InChI is InChI=1S/C15H20ClNO3S/c1-3-17(8-7-15(19)20-2)14(18)11-21-10-12-5-4-6-13(16)9-12/h4-6,9H,3,7-8,10-11H2,1-2H3. The first-order valence-electron chi connectivity index (χ1n) is 6.73. The third kappa shape index (κ3) is 6.87. The zero-order chi connectivity index (χ0) is 15.7. The van der Waals surface area contributed by atoms with Crippen LogP contribution in [0.4, 0.5) is 0 Å². The van der Waals surface area contributed by atoms with E-state index in [1.54, 1.807) is 16.7 Å². The number of carbonyl (C=O) groups is 2. The molecular formula is C15H20ClNO3S. The number of hydrogen-bond acceptors (Lipinski definition) is 4. The Bertz CT molecular complexity index is 482. The normalized spacial score (nSPS) is 10.2. The molecule has 0 radical (unpaired) electrons. The second kappa shape index (κ2) is 9.68. The summed E-state index contributed by atoms with van der Waals surface area (Å²) in [7, 11) is 1.35. The van der Waals surface area contributed by atoms with Gasteiger partial charge < -0.3 is 9.64 Å². The van der Waals surface area contributed by atoms with Crippen molar-refractivity contribution in [1.82, 2.24) is 4.90 Å². The highest BCUT2D eigenvalue weighted by Gasteiger charge is 2.13. The quantitative estimate of drug-likeness (QED) is 0.688. The summed E-state index contributed by atoms with van der Waals surface area (Å²) >= 11 is 7.46. The van der Waals surface area contributed by atoms with Gasteiger partial charge in [-0.2, -0.15) is 0 Å². The van der Waals surface area contributed by atoms with Crippen LogP contribution in [0.3, 0.4) is 0 Å². The van der Waals surface area contributed by atoms with E-state index in [0.29, 0.717) is 23.9 Å². The van der Waals surface area contributed by atoms with Crippen molar-refractivity contribution < 1.29 is 14.3 Å². The van der Waals surface area contributed by atoms with Crippen LogP contribution in [0.1, 0.15) is 18.9 Å². The van der Waals surface area contributed by atoms with Crippen molar-refractivity contribution in [3.63, 3.8) is 0 Å². The number of ether oxygens (including phenoxy) is 1. The lowest BCUT2D eigenvalue weighted by Crippen LogP contribution is -2.34. The second-order valence-electron chi connectivity index (χ2n) is 4.42. The van der Waals surface area contributed by atoms with Gasteiger partial charge in [0.2, 0.25) is 5.91 Å².